The normalized spacial score (nSPS) is 29.6. The molecule has 0 bridgehead atoms. The molecule has 108 valence electrons. The summed E-state index contributed by atoms with van der Waals surface area (Å²) < 4.78 is 0. The number of hydrogen-bond donors (Lipinski definition) is 0. The van der Waals surface area contributed by atoms with Gasteiger partial charge in [-0.15, -0.1) is 0 Å². The van der Waals surface area contributed by atoms with Crippen molar-refractivity contribution in [1.29, 1.82) is 0 Å². The number of carbonyl (C=O) groups excluding carboxylic acids is 1. The van der Waals surface area contributed by atoms with Crippen LogP contribution in [0.1, 0.15) is 44.0 Å². The van der Waals surface area contributed by atoms with E-state index in [-0.39, 0.29) is 5.78 Å². The van der Waals surface area contributed by atoms with E-state index >= 15 is 0 Å². The van der Waals surface area contributed by atoms with E-state index in [4.69, 9.17) is 19.6 Å². The summed E-state index contributed by atoms with van der Waals surface area (Å²) in [6.07, 6.45) is 1.38. The van der Waals surface area contributed by atoms with Crippen LogP contribution in [0.25, 0.3) is 0 Å². The second-order valence-corrected chi connectivity index (χ2v) is 5.72. The van der Waals surface area contributed by atoms with Crippen molar-refractivity contribution in [2.24, 2.45) is 0 Å². The Hall–Kier alpha value is -1.27. The summed E-state index contributed by atoms with van der Waals surface area (Å²) in [6.45, 7) is 5.61. The van der Waals surface area contributed by atoms with Gasteiger partial charge >= 0.3 is 0 Å². The molecule has 0 spiro atoms. The summed E-state index contributed by atoms with van der Waals surface area (Å²) in [5.41, 5.74) is -1.53. The first-order valence-electron chi connectivity index (χ1n) is 6.83. The van der Waals surface area contributed by atoms with E-state index < -0.39 is 17.0 Å². The van der Waals surface area contributed by atoms with E-state index in [0.717, 1.165) is 6.42 Å². The van der Waals surface area contributed by atoms with Crippen LogP contribution in [0.2, 0.25) is 0 Å². The molecule has 0 aliphatic carbocycles. The quantitative estimate of drug-likeness (QED) is 0.471. The molecule has 20 heavy (non-hydrogen) atoms. The Morgan fingerprint density at radius 2 is 1.70 bits per heavy atom. The number of carbonyl (C=O) groups is 1. The Morgan fingerprint density at radius 1 is 1.05 bits per heavy atom. The average molecular weight is 278 g/mol. The Labute approximate surface area is 117 Å². The third kappa shape index (κ3) is 1.61. The monoisotopic (exact) mass is 278 g/mol. The highest BCUT2D eigenvalue weighted by Crippen LogP contribution is 2.58. The van der Waals surface area contributed by atoms with Gasteiger partial charge in [-0.1, -0.05) is 43.7 Å². The van der Waals surface area contributed by atoms with Crippen LogP contribution in [-0.2, 0) is 19.6 Å². The molecule has 0 N–H and O–H groups in total. The van der Waals surface area contributed by atoms with Gasteiger partial charge in [-0.2, -0.15) is 9.78 Å². The standard InChI is InChI=1S/C15H18O5/c1-4-10-14(18-19-14)15(13(2,3)17-20-15)12(16)11-8-6-5-7-9-11/h5-9H,4,10H2,1-3H3. The number of ketones is 1. The highest BCUT2D eigenvalue weighted by Gasteiger charge is 2.82. The van der Waals surface area contributed by atoms with Crippen LogP contribution in [0, 0.1) is 0 Å². The minimum absolute atomic E-state index is 0.180. The molecule has 3 rings (SSSR count). The van der Waals surface area contributed by atoms with Crippen molar-refractivity contribution >= 4 is 5.78 Å². The number of rotatable bonds is 5. The van der Waals surface area contributed by atoms with Gasteiger partial charge in [0.1, 0.15) is 5.60 Å². The topological polar surface area (TPSA) is 60.6 Å². The lowest BCUT2D eigenvalue weighted by Gasteiger charge is -2.52. The zero-order valence-corrected chi connectivity index (χ0v) is 11.8. The van der Waals surface area contributed by atoms with Crippen molar-refractivity contribution in [1.82, 2.24) is 0 Å². The second-order valence-electron chi connectivity index (χ2n) is 5.72. The molecule has 2 fully saturated rings. The van der Waals surface area contributed by atoms with Gasteiger partial charge in [-0.05, 0) is 13.8 Å². The molecule has 1 aromatic rings. The van der Waals surface area contributed by atoms with E-state index in [1.807, 2.05) is 25.1 Å². The van der Waals surface area contributed by atoms with Crippen molar-refractivity contribution in [3.63, 3.8) is 0 Å². The maximum absolute atomic E-state index is 13.0. The number of Topliss-reactive ketones (excluding diaryl/α,β-unsaturated/α-hetero) is 1. The summed E-state index contributed by atoms with van der Waals surface area (Å²) in [6, 6.07) is 9.00. The fourth-order valence-corrected chi connectivity index (χ4v) is 2.85. The fourth-order valence-electron chi connectivity index (χ4n) is 2.85. The molecule has 1 unspecified atom stereocenters. The fraction of sp³-hybridized carbons (Fsp3) is 0.533. The molecule has 1 atom stereocenters. The van der Waals surface area contributed by atoms with Crippen LogP contribution >= 0.6 is 0 Å². The van der Waals surface area contributed by atoms with Crippen LogP contribution in [-0.4, -0.2) is 22.8 Å². The molecular formula is C15H18O5. The first kappa shape index (κ1) is 13.7. The van der Waals surface area contributed by atoms with Crippen molar-refractivity contribution < 1.29 is 24.3 Å². The molecule has 5 heteroatoms. The molecule has 2 saturated heterocycles. The van der Waals surface area contributed by atoms with Gasteiger partial charge in [-0.25, -0.2) is 9.78 Å². The molecule has 2 heterocycles. The zero-order valence-electron chi connectivity index (χ0n) is 11.8. The van der Waals surface area contributed by atoms with Gasteiger partial charge in [0.15, 0.2) is 0 Å². The second kappa shape index (κ2) is 4.36. The third-order valence-corrected chi connectivity index (χ3v) is 3.98. The molecular weight excluding hydrogens is 260 g/mol. The van der Waals surface area contributed by atoms with Gasteiger partial charge in [0.25, 0.3) is 11.4 Å². The van der Waals surface area contributed by atoms with E-state index in [1.54, 1.807) is 26.0 Å². The van der Waals surface area contributed by atoms with E-state index in [1.165, 1.54) is 0 Å². The largest absolute Gasteiger partial charge is 0.290 e. The summed E-state index contributed by atoms with van der Waals surface area (Å²) >= 11 is 0. The molecule has 0 radical (unpaired) electrons. The molecule has 0 saturated carbocycles. The van der Waals surface area contributed by atoms with Crippen molar-refractivity contribution in [3.05, 3.63) is 35.9 Å². The predicted octanol–water partition coefficient (Wildman–Crippen LogP) is 2.81. The van der Waals surface area contributed by atoms with Crippen LogP contribution in [0.15, 0.2) is 30.3 Å². The highest BCUT2D eigenvalue weighted by atomic mass is 17.4. The Bertz CT molecular complexity index is 520. The summed E-state index contributed by atoms with van der Waals surface area (Å²) in [5, 5.41) is 0. The van der Waals surface area contributed by atoms with Crippen molar-refractivity contribution in [2.45, 2.75) is 50.6 Å². The lowest BCUT2D eigenvalue weighted by atomic mass is 9.71. The predicted molar refractivity (Wildman–Crippen MR) is 69.6 cm³/mol. The minimum Gasteiger partial charge on any atom is -0.290 e. The Balaban J connectivity index is 2.03. The van der Waals surface area contributed by atoms with Crippen LogP contribution in [0.5, 0.6) is 0 Å². The molecule has 0 aromatic heterocycles. The van der Waals surface area contributed by atoms with Crippen molar-refractivity contribution in [2.75, 3.05) is 0 Å². The third-order valence-electron chi connectivity index (χ3n) is 3.98. The van der Waals surface area contributed by atoms with Crippen molar-refractivity contribution in [3.8, 4) is 0 Å². The van der Waals surface area contributed by atoms with Gasteiger partial charge in [0.2, 0.25) is 5.78 Å². The highest BCUT2D eigenvalue weighted by molar-refractivity contribution is 6.04. The Morgan fingerprint density at radius 3 is 2.10 bits per heavy atom. The molecule has 0 amide bonds. The van der Waals surface area contributed by atoms with Crippen LogP contribution in [0.4, 0.5) is 0 Å². The maximum atomic E-state index is 13.0. The maximum Gasteiger partial charge on any atom is 0.276 e. The molecule has 2 aliphatic heterocycles. The number of hydrogen-bond acceptors (Lipinski definition) is 5. The minimum atomic E-state index is -1.27. The van der Waals surface area contributed by atoms with E-state index in [0.29, 0.717) is 12.0 Å². The number of benzene rings is 1. The first-order valence-corrected chi connectivity index (χ1v) is 6.83. The summed E-state index contributed by atoms with van der Waals surface area (Å²) in [7, 11) is 0. The van der Waals surface area contributed by atoms with Gasteiger partial charge < -0.3 is 0 Å². The molecule has 5 nitrogen and oxygen atoms in total. The van der Waals surface area contributed by atoms with Gasteiger partial charge in [-0.3, -0.25) is 4.79 Å². The van der Waals surface area contributed by atoms with Gasteiger partial charge in [0, 0.05) is 12.0 Å². The first-order chi connectivity index (χ1) is 9.49. The Kier molecular flexibility index (Phi) is 2.99. The molecule has 1 aromatic carbocycles. The van der Waals surface area contributed by atoms with E-state index in [9.17, 15) is 4.79 Å². The van der Waals surface area contributed by atoms with Crippen LogP contribution in [0.3, 0.4) is 0 Å². The SMILES string of the molecule is CCCC1(C2(C(=O)c3ccccc3)OOC2(C)C)OO1. The molecule has 2 aliphatic rings. The zero-order chi connectivity index (χ0) is 14.4. The smallest absolute Gasteiger partial charge is 0.276 e. The van der Waals surface area contributed by atoms with Gasteiger partial charge in [0.05, 0.1) is 0 Å². The average Bonchev–Trinajstić information content (AvgIpc) is 3.20. The summed E-state index contributed by atoms with van der Waals surface area (Å²) in [5.74, 6) is -1.23. The van der Waals surface area contributed by atoms with E-state index in [2.05, 4.69) is 0 Å². The summed E-state index contributed by atoms with van der Waals surface area (Å²) in [4.78, 5) is 33.9. The lowest BCUT2D eigenvalue weighted by Crippen LogP contribution is -2.75. The lowest BCUT2D eigenvalue weighted by molar-refractivity contribution is -0.539. The van der Waals surface area contributed by atoms with Crippen LogP contribution < -0.4 is 0 Å².